The topological polar surface area (TPSA) is 44.3 Å². The number of hydrogen-bond donors (Lipinski definition) is 1. The number of benzene rings is 1. The molecule has 2 heterocycles. The molecular weight excluding hydrogens is 342 g/mol. The molecule has 0 bridgehead atoms. The molecule has 1 aromatic heterocycles. The molecule has 2 aromatic rings. The van der Waals surface area contributed by atoms with Crippen LogP contribution < -0.4 is 10.2 Å². The van der Waals surface area contributed by atoms with Gasteiger partial charge in [0.2, 0.25) is 5.95 Å². The maximum atomic E-state index is 5.58. The zero-order valence-electron chi connectivity index (χ0n) is 15.8. The highest BCUT2D eigenvalue weighted by molar-refractivity contribution is 7.80. The molecule has 138 valence electrons. The van der Waals surface area contributed by atoms with Crippen molar-refractivity contribution in [2.75, 3.05) is 31.1 Å². The SMILES string of the molecule is CC(C)(C)c1ccc(CNC(=S)N2CCN(c3ncccn3)CC2)cc1. The molecule has 1 aromatic carbocycles. The lowest BCUT2D eigenvalue weighted by Gasteiger charge is -2.36. The summed E-state index contributed by atoms with van der Waals surface area (Å²) in [5.41, 5.74) is 2.78. The second-order valence-corrected chi connectivity index (χ2v) is 8.02. The van der Waals surface area contributed by atoms with E-state index in [1.165, 1.54) is 11.1 Å². The number of thiocarbonyl (C=S) groups is 1. The van der Waals surface area contributed by atoms with E-state index in [9.17, 15) is 0 Å². The largest absolute Gasteiger partial charge is 0.358 e. The van der Waals surface area contributed by atoms with Gasteiger partial charge in [-0.1, -0.05) is 45.0 Å². The molecule has 0 aliphatic carbocycles. The van der Waals surface area contributed by atoms with Gasteiger partial charge in [0.05, 0.1) is 0 Å². The summed E-state index contributed by atoms with van der Waals surface area (Å²) in [6, 6.07) is 10.6. The van der Waals surface area contributed by atoms with Gasteiger partial charge in [-0.2, -0.15) is 0 Å². The second-order valence-electron chi connectivity index (χ2n) is 7.63. The van der Waals surface area contributed by atoms with Crippen LogP contribution in [0.3, 0.4) is 0 Å². The molecule has 26 heavy (non-hydrogen) atoms. The fraction of sp³-hybridized carbons (Fsp3) is 0.450. The summed E-state index contributed by atoms with van der Waals surface area (Å²) in [5, 5.41) is 4.21. The van der Waals surface area contributed by atoms with Crippen molar-refractivity contribution in [2.45, 2.75) is 32.7 Å². The van der Waals surface area contributed by atoms with E-state index in [2.05, 4.69) is 70.1 Å². The van der Waals surface area contributed by atoms with Gasteiger partial charge < -0.3 is 15.1 Å². The molecule has 3 rings (SSSR count). The Kier molecular flexibility index (Phi) is 5.71. The normalized spacial score (nSPS) is 15.0. The quantitative estimate of drug-likeness (QED) is 0.839. The van der Waals surface area contributed by atoms with Gasteiger partial charge in [-0.15, -0.1) is 0 Å². The Balaban J connectivity index is 1.47. The standard InChI is InChI=1S/C20H27N5S/c1-20(2,3)17-7-5-16(6-8-17)15-23-19(26)25-13-11-24(12-14-25)18-21-9-4-10-22-18/h4-10H,11-15H2,1-3H3,(H,23,26). The van der Waals surface area contributed by atoms with Crippen LogP contribution in [0.25, 0.3) is 0 Å². The minimum absolute atomic E-state index is 0.184. The van der Waals surface area contributed by atoms with Crippen LogP contribution in [0.1, 0.15) is 31.9 Å². The van der Waals surface area contributed by atoms with Crippen molar-refractivity contribution in [3.8, 4) is 0 Å². The number of piperazine rings is 1. The van der Waals surface area contributed by atoms with Crippen molar-refractivity contribution in [3.05, 3.63) is 53.9 Å². The Morgan fingerprint density at radius 3 is 2.23 bits per heavy atom. The average molecular weight is 370 g/mol. The van der Waals surface area contributed by atoms with Gasteiger partial charge in [-0.25, -0.2) is 9.97 Å². The molecule has 1 N–H and O–H groups in total. The van der Waals surface area contributed by atoms with Gasteiger partial charge in [0.1, 0.15) is 0 Å². The number of aromatic nitrogens is 2. The third-order valence-corrected chi connectivity index (χ3v) is 5.07. The first-order chi connectivity index (χ1) is 12.4. The molecule has 1 aliphatic rings. The number of rotatable bonds is 3. The molecule has 0 saturated carbocycles. The van der Waals surface area contributed by atoms with Crippen LogP contribution in [0.2, 0.25) is 0 Å². The Hall–Kier alpha value is -2.21. The van der Waals surface area contributed by atoms with Crippen molar-refractivity contribution >= 4 is 23.3 Å². The fourth-order valence-corrected chi connectivity index (χ4v) is 3.23. The maximum Gasteiger partial charge on any atom is 0.225 e. The molecule has 0 atom stereocenters. The van der Waals surface area contributed by atoms with Gasteiger partial charge >= 0.3 is 0 Å². The van der Waals surface area contributed by atoms with Crippen molar-refractivity contribution in [2.24, 2.45) is 0 Å². The van der Waals surface area contributed by atoms with Crippen LogP contribution in [-0.2, 0) is 12.0 Å². The van der Waals surface area contributed by atoms with E-state index in [-0.39, 0.29) is 5.41 Å². The smallest absolute Gasteiger partial charge is 0.225 e. The minimum Gasteiger partial charge on any atom is -0.358 e. The van der Waals surface area contributed by atoms with E-state index in [1.54, 1.807) is 12.4 Å². The van der Waals surface area contributed by atoms with E-state index in [0.717, 1.165) is 43.8 Å². The summed E-state index contributed by atoms with van der Waals surface area (Å²) in [6.45, 7) is 11.0. The highest BCUT2D eigenvalue weighted by atomic mass is 32.1. The Morgan fingerprint density at radius 1 is 1.04 bits per heavy atom. The first-order valence-corrected chi connectivity index (χ1v) is 9.48. The summed E-state index contributed by atoms with van der Waals surface area (Å²) in [6.07, 6.45) is 3.57. The van der Waals surface area contributed by atoms with E-state index in [4.69, 9.17) is 12.2 Å². The van der Waals surface area contributed by atoms with Gasteiger partial charge in [-0.05, 0) is 34.8 Å². The van der Waals surface area contributed by atoms with Gasteiger partial charge in [0.15, 0.2) is 5.11 Å². The number of nitrogens with zero attached hydrogens (tertiary/aromatic N) is 4. The van der Waals surface area contributed by atoms with E-state index in [1.807, 2.05) is 6.07 Å². The van der Waals surface area contributed by atoms with Gasteiger partial charge in [-0.3, -0.25) is 0 Å². The van der Waals surface area contributed by atoms with Crippen LogP contribution in [0.15, 0.2) is 42.7 Å². The van der Waals surface area contributed by atoms with Gasteiger partial charge in [0.25, 0.3) is 0 Å². The summed E-state index contributed by atoms with van der Waals surface area (Å²) in [4.78, 5) is 13.1. The average Bonchev–Trinajstić information content (AvgIpc) is 2.66. The van der Waals surface area contributed by atoms with Crippen LogP contribution in [0.5, 0.6) is 0 Å². The van der Waals surface area contributed by atoms with Crippen LogP contribution in [0.4, 0.5) is 5.95 Å². The van der Waals surface area contributed by atoms with Crippen molar-refractivity contribution in [1.29, 1.82) is 0 Å². The lowest BCUT2D eigenvalue weighted by atomic mass is 9.87. The molecular formula is C20H27N5S. The Labute approximate surface area is 161 Å². The molecule has 0 amide bonds. The molecule has 6 heteroatoms. The van der Waals surface area contributed by atoms with Crippen LogP contribution in [0, 0.1) is 0 Å². The lowest BCUT2D eigenvalue weighted by molar-refractivity contribution is 0.377. The van der Waals surface area contributed by atoms with E-state index >= 15 is 0 Å². The van der Waals surface area contributed by atoms with E-state index < -0.39 is 0 Å². The lowest BCUT2D eigenvalue weighted by Crippen LogP contribution is -2.52. The molecule has 5 nitrogen and oxygen atoms in total. The highest BCUT2D eigenvalue weighted by Crippen LogP contribution is 2.22. The third-order valence-electron chi connectivity index (χ3n) is 4.67. The zero-order valence-corrected chi connectivity index (χ0v) is 16.6. The first kappa shape index (κ1) is 18.6. The molecule has 1 aliphatic heterocycles. The Bertz CT molecular complexity index is 716. The van der Waals surface area contributed by atoms with Crippen molar-refractivity contribution in [3.63, 3.8) is 0 Å². The summed E-state index contributed by atoms with van der Waals surface area (Å²) >= 11 is 5.58. The summed E-state index contributed by atoms with van der Waals surface area (Å²) in [7, 11) is 0. The Morgan fingerprint density at radius 2 is 1.65 bits per heavy atom. The molecule has 1 saturated heterocycles. The predicted molar refractivity (Wildman–Crippen MR) is 110 cm³/mol. The number of hydrogen-bond acceptors (Lipinski definition) is 4. The first-order valence-electron chi connectivity index (χ1n) is 9.08. The predicted octanol–water partition coefficient (Wildman–Crippen LogP) is 2.97. The molecule has 0 spiro atoms. The van der Waals surface area contributed by atoms with Crippen LogP contribution >= 0.6 is 12.2 Å². The number of nitrogens with one attached hydrogen (secondary N) is 1. The highest BCUT2D eigenvalue weighted by Gasteiger charge is 2.20. The number of anilines is 1. The van der Waals surface area contributed by atoms with Crippen LogP contribution in [-0.4, -0.2) is 46.2 Å². The van der Waals surface area contributed by atoms with Crippen molar-refractivity contribution in [1.82, 2.24) is 20.2 Å². The van der Waals surface area contributed by atoms with Crippen molar-refractivity contribution < 1.29 is 0 Å². The molecule has 0 unspecified atom stereocenters. The second kappa shape index (κ2) is 7.99. The summed E-state index contributed by atoms with van der Waals surface area (Å²) < 4.78 is 0. The maximum absolute atomic E-state index is 5.58. The van der Waals surface area contributed by atoms with Gasteiger partial charge in [0, 0.05) is 45.1 Å². The zero-order chi connectivity index (χ0) is 18.6. The van der Waals surface area contributed by atoms with E-state index in [0.29, 0.717) is 0 Å². The monoisotopic (exact) mass is 369 g/mol. The third kappa shape index (κ3) is 4.69. The minimum atomic E-state index is 0.184. The summed E-state index contributed by atoms with van der Waals surface area (Å²) in [5.74, 6) is 0.796. The molecule has 0 radical (unpaired) electrons. The fourth-order valence-electron chi connectivity index (χ4n) is 2.98. The molecule has 1 fully saturated rings.